The van der Waals surface area contributed by atoms with Crippen LogP contribution in [0.2, 0.25) is 0 Å². The van der Waals surface area contributed by atoms with E-state index in [-0.39, 0.29) is 6.61 Å². The molecule has 3 atom stereocenters. The molecule has 0 fully saturated rings. The second-order valence-electron chi connectivity index (χ2n) is 4.64. The van der Waals surface area contributed by atoms with Crippen molar-refractivity contribution in [3.8, 4) is 12.3 Å². The number of aromatic nitrogens is 2. The summed E-state index contributed by atoms with van der Waals surface area (Å²) in [6.07, 6.45) is 3.37. The molecule has 1 rings (SSSR count). The number of nitrogens with one attached hydrogen (secondary N) is 1. The Hall–Kier alpha value is -1.92. The lowest BCUT2D eigenvalue weighted by molar-refractivity contribution is -0.149. The average Bonchev–Trinajstić information content (AvgIpc) is 2.50. The van der Waals surface area contributed by atoms with Crippen molar-refractivity contribution < 1.29 is 19.7 Å². The minimum Gasteiger partial charge on any atom is -0.394 e. The summed E-state index contributed by atoms with van der Waals surface area (Å²) in [6.45, 7) is 1.06. The Balaban J connectivity index is 3.18. The van der Waals surface area contributed by atoms with Crippen LogP contribution in [0, 0.1) is 19.3 Å². The predicted molar refractivity (Wildman–Crippen MR) is 78.4 cm³/mol. The molecule has 1 aromatic heterocycles. The highest BCUT2D eigenvalue weighted by Gasteiger charge is 2.31. The van der Waals surface area contributed by atoms with Crippen LogP contribution in [0.4, 0.5) is 0 Å². The predicted octanol–water partition coefficient (Wildman–Crippen LogP) is -1.25. The van der Waals surface area contributed by atoms with Crippen molar-refractivity contribution in [1.82, 2.24) is 9.55 Å². The quantitative estimate of drug-likeness (QED) is 0.408. The smallest absolute Gasteiger partial charge is 0.330 e. The van der Waals surface area contributed by atoms with Gasteiger partial charge in [0.25, 0.3) is 5.56 Å². The number of hydrogen-bond donors (Lipinski definition) is 3. The first-order valence-corrected chi connectivity index (χ1v) is 6.65. The number of aryl methyl sites for hydroxylation is 1. The highest BCUT2D eigenvalue weighted by molar-refractivity contribution is 5.02. The molecule has 0 bridgehead atoms. The maximum atomic E-state index is 11.9. The third-order valence-corrected chi connectivity index (χ3v) is 3.07. The molecule has 0 aliphatic carbocycles. The van der Waals surface area contributed by atoms with Gasteiger partial charge in [0.2, 0.25) is 0 Å². The van der Waals surface area contributed by atoms with Gasteiger partial charge in [-0.25, -0.2) is 4.79 Å². The Morgan fingerprint density at radius 3 is 2.73 bits per heavy atom. The lowest BCUT2D eigenvalue weighted by Crippen LogP contribution is -2.45. The lowest BCUT2D eigenvalue weighted by Gasteiger charge is -2.30. The zero-order valence-electron chi connectivity index (χ0n) is 12.5. The Kier molecular flexibility index (Phi) is 7.01. The lowest BCUT2D eigenvalue weighted by atomic mass is 10.1. The van der Waals surface area contributed by atoms with Crippen molar-refractivity contribution in [3.05, 3.63) is 32.6 Å². The SMILES string of the molecule is C#CCCOC(C(O)CO)[C@@H](OC)n1cc(C)c(=O)[nH]c1=O. The number of H-pyrrole nitrogens is 1. The number of aliphatic hydroxyl groups is 2. The molecule has 0 amide bonds. The van der Waals surface area contributed by atoms with Gasteiger partial charge < -0.3 is 19.7 Å². The number of aliphatic hydroxyl groups excluding tert-OH is 2. The fourth-order valence-corrected chi connectivity index (χ4v) is 1.92. The fourth-order valence-electron chi connectivity index (χ4n) is 1.92. The summed E-state index contributed by atoms with van der Waals surface area (Å²) in [5.41, 5.74) is -0.927. The first-order chi connectivity index (χ1) is 10.5. The summed E-state index contributed by atoms with van der Waals surface area (Å²) in [7, 11) is 1.32. The molecule has 22 heavy (non-hydrogen) atoms. The van der Waals surface area contributed by atoms with Gasteiger partial charge in [-0.3, -0.25) is 14.3 Å². The summed E-state index contributed by atoms with van der Waals surface area (Å²) < 4.78 is 11.8. The number of hydrogen-bond acceptors (Lipinski definition) is 6. The number of methoxy groups -OCH3 is 1. The highest BCUT2D eigenvalue weighted by atomic mass is 16.6. The molecule has 1 aromatic rings. The third kappa shape index (κ3) is 4.29. The van der Waals surface area contributed by atoms with Gasteiger partial charge in [-0.15, -0.1) is 12.3 Å². The molecule has 8 heteroatoms. The average molecular weight is 312 g/mol. The molecule has 0 aliphatic heterocycles. The van der Waals surface area contributed by atoms with Crippen LogP contribution in [0.5, 0.6) is 0 Å². The van der Waals surface area contributed by atoms with Gasteiger partial charge in [0.05, 0.1) is 13.2 Å². The van der Waals surface area contributed by atoms with Gasteiger partial charge >= 0.3 is 5.69 Å². The van der Waals surface area contributed by atoms with Crippen LogP contribution in [0.15, 0.2) is 15.8 Å². The molecular formula is C14H20N2O6. The van der Waals surface area contributed by atoms with Crippen molar-refractivity contribution in [2.24, 2.45) is 0 Å². The molecule has 0 aromatic carbocycles. The van der Waals surface area contributed by atoms with Gasteiger partial charge in [-0.1, -0.05) is 0 Å². The minimum atomic E-state index is -1.29. The van der Waals surface area contributed by atoms with Crippen LogP contribution in [0.3, 0.4) is 0 Å². The van der Waals surface area contributed by atoms with E-state index in [1.54, 1.807) is 0 Å². The molecule has 0 spiro atoms. The number of nitrogens with zero attached hydrogens (tertiary/aromatic N) is 1. The molecule has 0 saturated heterocycles. The summed E-state index contributed by atoms with van der Waals surface area (Å²) in [5.74, 6) is 2.38. The third-order valence-electron chi connectivity index (χ3n) is 3.07. The van der Waals surface area contributed by atoms with Crippen molar-refractivity contribution >= 4 is 0 Å². The minimum absolute atomic E-state index is 0.120. The second kappa shape index (κ2) is 8.51. The monoisotopic (exact) mass is 312 g/mol. The zero-order valence-corrected chi connectivity index (χ0v) is 12.5. The largest absolute Gasteiger partial charge is 0.394 e. The summed E-state index contributed by atoms with van der Waals surface area (Å²) in [5, 5.41) is 19.1. The number of ether oxygens (including phenoxy) is 2. The van der Waals surface area contributed by atoms with Gasteiger partial charge in [0.15, 0.2) is 6.23 Å². The zero-order chi connectivity index (χ0) is 16.7. The molecular weight excluding hydrogens is 292 g/mol. The van der Waals surface area contributed by atoms with E-state index in [2.05, 4.69) is 10.9 Å². The maximum Gasteiger partial charge on any atom is 0.330 e. The Labute approximate surface area is 127 Å². The van der Waals surface area contributed by atoms with Crippen molar-refractivity contribution in [2.75, 3.05) is 20.3 Å². The van der Waals surface area contributed by atoms with E-state index >= 15 is 0 Å². The van der Waals surface area contributed by atoms with E-state index in [0.29, 0.717) is 12.0 Å². The fraction of sp³-hybridized carbons (Fsp3) is 0.571. The van der Waals surface area contributed by atoms with E-state index in [9.17, 15) is 14.7 Å². The maximum absolute atomic E-state index is 11.9. The highest BCUT2D eigenvalue weighted by Crippen LogP contribution is 2.18. The van der Waals surface area contributed by atoms with Crippen LogP contribution in [-0.2, 0) is 9.47 Å². The first-order valence-electron chi connectivity index (χ1n) is 6.65. The van der Waals surface area contributed by atoms with Crippen LogP contribution >= 0.6 is 0 Å². The molecule has 2 unspecified atom stereocenters. The molecule has 3 N–H and O–H groups in total. The van der Waals surface area contributed by atoms with Crippen LogP contribution in [-0.4, -0.2) is 52.3 Å². The molecule has 8 nitrogen and oxygen atoms in total. The van der Waals surface area contributed by atoms with Crippen molar-refractivity contribution in [1.29, 1.82) is 0 Å². The molecule has 1 heterocycles. The molecule has 122 valence electrons. The Morgan fingerprint density at radius 1 is 1.50 bits per heavy atom. The number of terminal acetylenes is 1. The normalized spacial score (nSPS) is 15.0. The van der Waals surface area contributed by atoms with Crippen molar-refractivity contribution in [3.63, 3.8) is 0 Å². The number of rotatable bonds is 8. The van der Waals surface area contributed by atoms with E-state index in [0.717, 1.165) is 4.57 Å². The molecule has 0 saturated carbocycles. The van der Waals surface area contributed by atoms with E-state index in [1.807, 2.05) is 0 Å². The van der Waals surface area contributed by atoms with Crippen LogP contribution in [0.25, 0.3) is 0 Å². The summed E-state index contributed by atoms with van der Waals surface area (Å²) in [4.78, 5) is 25.5. The number of aromatic amines is 1. The first kappa shape index (κ1) is 18.1. The van der Waals surface area contributed by atoms with E-state index < -0.39 is 36.3 Å². The van der Waals surface area contributed by atoms with Gasteiger partial charge in [-0.2, -0.15) is 0 Å². The summed E-state index contributed by atoms with van der Waals surface area (Å²) >= 11 is 0. The van der Waals surface area contributed by atoms with E-state index in [4.69, 9.17) is 21.0 Å². The summed E-state index contributed by atoms with van der Waals surface area (Å²) in [6, 6.07) is 0. The van der Waals surface area contributed by atoms with Gasteiger partial charge in [0, 0.05) is 25.3 Å². The van der Waals surface area contributed by atoms with Gasteiger partial charge in [0.1, 0.15) is 12.2 Å². The van der Waals surface area contributed by atoms with Crippen LogP contribution < -0.4 is 11.2 Å². The Bertz CT molecular complexity index is 629. The van der Waals surface area contributed by atoms with E-state index in [1.165, 1.54) is 20.2 Å². The molecule has 0 aliphatic rings. The second-order valence-corrected chi connectivity index (χ2v) is 4.64. The van der Waals surface area contributed by atoms with Crippen molar-refractivity contribution in [2.45, 2.75) is 31.8 Å². The standard InChI is InChI=1S/C14H20N2O6/c1-4-5-6-22-11(10(18)8-17)13(21-3)16-7-9(2)12(19)15-14(16)20/h1,7,10-11,13,17-18H,5-6,8H2,2-3H3,(H,15,19,20)/t10?,11?,13-/m1/s1. The Morgan fingerprint density at radius 2 is 2.18 bits per heavy atom. The molecule has 0 radical (unpaired) electrons. The van der Waals surface area contributed by atoms with Gasteiger partial charge in [-0.05, 0) is 6.92 Å². The topological polar surface area (TPSA) is 114 Å². The van der Waals surface area contributed by atoms with Crippen LogP contribution in [0.1, 0.15) is 18.2 Å².